The predicted octanol–water partition coefficient (Wildman–Crippen LogP) is 4.24. The van der Waals surface area contributed by atoms with Crippen LogP contribution in [0.3, 0.4) is 0 Å². The summed E-state index contributed by atoms with van der Waals surface area (Å²) in [6.07, 6.45) is 10.4. The summed E-state index contributed by atoms with van der Waals surface area (Å²) in [7, 11) is 3.63. The van der Waals surface area contributed by atoms with Crippen LogP contribution in [0.25, 0.3) is 0 Å². The Kier molecular flexibility index (Phi) is 4.39. The van der Waals surface area contributed by atoms with Gasteiger partial charge in [-0.15, -0.1) is 0 Å². The molecule has 26 heavy (non-hydrogen) atoms. The molecule has 0 unspecified atom stereocenters. The van der Waals surface area contributed by atoms with E-state index in [9.17, 15) is 9.59 Å². The molecule has 0 spiro atoms. The second-order valence-electron chi connectivity index (χ2n) is 10.4. The minimum Gasteiger partial charge on any atom is -0.335 e. The topological polar surface area (TPSA) is 49.4 Å². The van der Waals surface area contributed by atoms with Crippen molar-refractivity contribution in [2.24, 2.45) is 34.5 Å². The maximum Gasteiger partial charge on any atom is 0.317 e. The van der Waals surface area contributed by atoms with Gasteiger partial charge in [-0.2, -0.15) is 0 Å². The highest BCUT2D eigenvalue weighted by Gasteiger charge is 2.60. The number of ketones is 1. The zero-order valence-electron chi connectivity index (χ0n) is 17.0. The first kappa shape index (κ1) is 18.3. The van der Waals surface area contributed by atoms with E-state index in [4.69, 9.17) is 0 Å². The molecule has 0 aromatic rings. The van der Waals surface area contributed by atoms with Gasteiger partial charge in [-0.3, -0.25) is 4.79 Å². The van der Waals surface area contributed by atoms with Crippen molar-refractivity contribution >= 4 is 11.8 Å². The first-order valence-corrected chi connectivity index (χ1v) is 10.8. The maximum atomic E-state index is 12.5. The van der Waals surface area contributed by atoms with E-state index in [1.165, 1.54) is 25.7 Å². The molecule has 4 saturated carbocycles. The van der Waals surface area contributed by atoms with Gasteiger partial charge in [-0.25, -0.2) is 4.79 Å². The molecule has 1 N–H and O–H groups in total. The molecule has 0 aromatic heterocycles. The Labute approximate surface area is 158 Å². The van der Waals surface area contributed by atoms with Gasteiger partial charge in [0.2, 0.25) is 0 Å². The lowest BCUT2D eigenvalue weighted by molar-refractivity contribution is -0.139. The van der Waals surface area contributed by atoms with Gasteiger partial charge < -0.3 is 10.2 Å². The highest BCUT2D eigenvalue weighted by Crippen LogP contribution is 2.65. The third-order valence-corrected chi connectivity index (χ3v) is 9.11. The summed E-state index contributed by atoms with van der Waals surface area (Å²) in [5.74, 6) is 3.46. The van der Waals surface area contributed by atoms with Gasteiger partial charge in [0.1, 0.15) is 5.78 Å². The van der Waals surface area contributed by atoms with E-state index in [1.54, 1.807) is 4.90 Å². The SMILES string of the molecule is CN(C)C(=O)N[C@H]1CC[C@@]2(C)[C@@H](CC[C@@H]3[C@@H]2CC[C@]2(C)C(=O)CC[C@@H]32)C1. The van der Waals surface area contributed by atoms with Gasteiger partial charge in [-0.05, 0) is 80.5 Å². The van der Waals surface area contributed by atoms with Gasteiger partial charge >= 0.3 is 6.03 Å². The van der Waals surface area contributed by atoms with E-state index in [0.29, 0.717) is 23.2 Å². The van der Waals surface area contributed by atoms with Crippen molar-refractivity contribution in [1.82, 2.24) is 10.2 Å². The first-order chi connectivity index (χ1) is 12.3. The Bertz CT molecular complexity index is 603. The molecule has 4 fully saturated rings. The second-order valence-corrected chi connectivity index (χ2v) is 10.4. The second kappa shape index (κ2) is 6.24. The number of nitrogens with one attached hydrogen (secondary N) is 1. The van der Waals surface area contributed by atoms with Crippen molar-refractivity contribution in [1.29, 1.82) is 0 Å². The zero-order valence-corrected chi connectivity index (χ0v) is 17.0. The summed E-state index contributed by atoms with van der Waals surface area (Å²) < 4.78 is 0. The smallest absolute Gasteiger partial charge is 0.317 e. The summed E-state index contributed by atoms with van der Waals surface area (Å²) in [5, 5.41) is 3.23. The first-order valence-electron chi connectivity index (χ1n) is 10.8. The van der Waals surface area contributed by atoms with Crippen LogP contribution in [-0.2, 0) is 4.79 Å². The van der Waals surface area contributed by atoms with Crippen LogP contribution in [0.1, 0.15) is 71.6 Å². The van der Waals surface area contributed by atoms with E-state index in [0.717, 1.165) is 49.9 Å². The van der Waals surface area contributed by atoms with Crippen LogP contribution in [0, 0.1) is 34.5 Å². The molecule has 4 heteroatoms. The van der Waals surface area contributed by atoms with Crippen molar-refractivity contribution < 1.29 is 9.59 Å². The van der Waals surface area contributed by atoms with Crippen molar-refractivity contribution in [3.05, 3.63) is 0 Å². The van der Waals surface area contributed by atoms with E-state index < -0.39 is 0 Å². The van der Waals surface area contributed by atoms with Gasteiger partial charge in [-0.1, -0.05) is 13.8 Å². The Morgan fingerprint density at radius 1 is 1.04 bits per heavy atom. The van der Waals surface area contributed by atoms with E-state index in [-0.39, 0.29) is 11.4 Å². The predicted molar refractivity (Wildman–Crippen MR) is 103 cm³/mol. The Hall–Kier alpha value is -1.06. The minimum atomic E-state index is -0.0126. The lowest BCUT2D eigenvalue weighted by Crippen LogP contribution is -2.56. The quantitative estimate of drug-likeness (QED) is 0.760. The van der Waals surface area contributed by atoms with Crippen LogP contribution in [0.5, 0.6) is 0 Å². The molecule has 0 aromatic carbocycles. The molecule has 0 heterocycles. The van der Waals surface area contributed by atoms with E-state index in [2.05, 4.69) is 19.2 Å². The number of carbonyl (C=O) groups is 2. The lowest BCUT2D eigenvalue weighted by Gasteiger charge is -2.60. The monoisotopic (exact) mass is 360 g/mol. The minimum absolute atomic E-state index is 0.0126. The highest BCUT2D eigenvalue weighted by molar-refractivity contribution is 5.87. The molecule has 4 nitrogen and oxygen atoms in total. The number of carbonyl (C=O) groups excluding carboxylic acids is 2. The molecule has 4 aliphatic rings. The van der Waals surface area contributed by atoms with Crippen molar-refractivity contribution in [2.45, 2.75) is 77.7 Å². The maximum absolute atomic E-state index is 12.5. The largest absolute Gasteiger partial charge is 0.335 e. The number of Topliss-reactive ketones (excluding diaryl/α,β-unsaturated/α-hetero) is 1. The Morgan fingerprint density at radius 3 is 2.54 bits per heavy atom. The fourth-order valence-electron chi connectivity index (χ4n) is 7.46. The average Bonchev–Trinajstić information content (AvgIpc) is 2.90. The molecule has 0 bridgehead atoms. The number of hydrogen-bond acceptors (Lipinski definition) is 2. The highest BCUT2D eigenvalue weighted by atomic mass is 16.2. The van der Waals surface area contributed by atoms with Gasteiger partial charge in [0, 0.05) is 32.0 Å². The lowest BCUT2D eigenvalue weighted by atomic mass is 9.45. The molecule has 146 valence electrons. The van der Waals surface area contributed by atoms with Gasteiger partial charge in [0.05, 0.1) is 0 Å². The average molecular weight is 361 g/mol. The van der Waals surface area contributed by atoms with Gasteiger partial charge in [0.15, 0.2) is 0 Å². The van der Waals surface area contributed by atoms with Crippen molar-refractivity contribution in [3.63, 3.8) is 0 Å². The molecule has 2 amide bonds. The molecule has 4 rings (SSSR count). The van der Waals surface area contributed by atoms with E-state index in [1.807, 2.05) is 14.1 Å². The van der Waals surface area contributed by atoms with Crippen LogP contribution in [0.15, 0.2) is 0 Å². The number of nitrogens with zero attached hydrogens (tertiary/aromatic N) is 1. The number of hydrogen-bond donors (Lipinski definition) is 1. The fraction of sp³-hybridized carbons (Fsp3) is 0.909. The summed E-state index contributed by atoms with van der Waals surface area (Å²) in [6, 6.07) is 0.381. The molecule has 0 aliphatic heterocycles. The Morgan fingerprint density at radius 2 is 1.81 bits per heavy atom. The standard InChI is InChI=1S/C22H36N2O2/c1-21-11-9-15(23-20(26)24(3)4)13-14(21)5-6-16-17-7-8-19(25)22(17,2)12-10-18(16)21/h14-18H,5-13H2,1-4H3,(H,23,26)/t14-,15-,16-,17-,18-,21-,22-/m0/s1. The van der Waals surface area contributed by atoms with Crippen LogP contribution >= 0.6 is 0 Å². The molecule has 4 aliphatic carbocycles. The van der Waals surface area contributed by atoms with Crippen molar-refractivity contribution in [2.75, 3.05) is 14.1 Å². The van der Waals surface area contributed by atoms with Crippen LogP contribution in [-0.4, -0.2) is 36.9 Å². The number of rotatable bonds is 1. The zero-order chi connectivity index (χ0) is 18.7. The number of urea groups is 1. The van der Waals surface area contributed by atoms with Crippen LogP contribution in [0.2, 0.25) is 0 Å². The number of fused-ring (bicyclic) bond motifs is 5. The molecule has 7 atom stereocenters. The summed E-state index contributed by atoms with van der Waals surface area (Å²) >= 11 is 0. The Balaban J connectivity index is 1.49. The summed E-state index contributed by atoms with van der Waals surface area (Å²) in [4.78, 5) is 26.2. The normalized spacial score (nSPS) is 47.5. The van der Waals surface area contributed by atoms with Crippen molar-refractivity contribution in [3.8, 4) is 0 Å². The van der Waals surface area contributed by atoms with Crippen LogP contribution < -0.4 is 5.32 Å². The van der Waals surface area contributed by atoms with Crippen LogP contribution in [0.4, 0.5) is 4.79 Å². The third kappa shape index (κ3) is 2.62. The van der Waals surface area contributed by atoms with E-state index >= 15 is 0 Å². The van der Waals surface area contributed by atoms with Gasteiger partial charge in [0.25, 0.3) is 0 Å². The summed E-state index contributed by atoms with van der Waals surface area (Å²) in [6.45, 7) is 4.81. The summed E-state index contributed by atoms with van der Waals surface area (Å²) in [5.41, 5.74) is 0.399. The fourth-order valence-corrected chi connectivity index (χ4v) is 7.46. The molecule has 0 saturated heterocycles. The number of amides is 2. The molecule has 0 radical (unpaired) electrons. The molecular weight excluding hydrogens is 324 g/mol. The molecular formula is C22H36N2O2. The third-order valence-electron chi connectivity index (χ3n) is 9.11.